The van der Waals surface area contributed by atoms with Gasteiger partial charge < -0.3 is 4.74 Å². The third-order valence-electron chi connectivity index (χ3n) is 3.78. The van der Waals surface area contributed by atoms with Crippen molar-refractivity contribution in [3.63, 3.8) is 0 Å². The Labute approximate surface area is 130 Å². The van der Waals surface area contributed by atoms with Gasteiger partial charge in [0, 0.05) is 10.8 Å². The molecule has 0 saturated carbocycles. The Morgan fingerprint density at radius 1 is 0.762 bits per heavy atom. The average Bonchev–Trinajstić information content (AvgIpc) is 2.37. The molecule has 21 heavy (non-hydrogen) atoms. The highest BCUT2D eigenvalue weighted by Gasteiger charge is 2.41. The number of allylic oxidation sites excluding steroid dienone is 2. The second-order valence-corrected chi connectivity index (χ2v) is 11.4. The van der Waals surface area contributed by atoms with Crippen molar-refractivity contribution in [2.24, 2.45) is 10.8 Å². The topological polar surface area (TPSA) is 9.23 Å². The van der Waals surface area contributed by atoms with Gasteiger partial charge in [0.15, 0.2) is 0 Å². The first-order valence-electron chi connectivity index (χ1n) is 7.58. The summed E-state index contributed by atoms with van der Waals surface area (Å²) in [5.74, 6) is 6.99. The number of hydrogen-bond donors (Lipinski definition) is 0. The smallest absolute Gasteiger partial charge is 0.144 e. The molecular formula is C19H28OP+. The van der Waals surface area contributed by atoms with Crippen molar-refractivity contribution in [1.82, 2.24) is 0 Å². The third-order valence-corrected chi connectivity index (χ3v) is 6.73. The Bertz CT molecular complexity index is 538. The lowest BCUT2D eigenvalue weighted by atomic mass is 9.92. The SMILES string of the molecule is CC(C)(C)C1=C[P+](C)(c2ccccc2)C=C(C(C)(C)C)O1. The molecule has 0 aromatic heterocycles. The van der Waals surface area contributed by atoms with Gasteiger partial charge in [-0.3, -0.25) is 0 Å². The van der Waals surface area contributed by atoms with E-state index in [1.165, 1.54) is 5.30 Å². The molecular weight excluding hydrogens is 275 g/mol. The zero-order valence-electron chi connectivity index (χ0n) is 14.4. The minimum Gasteiger partial charge on any atom is -0.458 e. The molecule has 0 atom stereocenters. The van der Waals surface area contributed by atoms with E-state index in [1.54, 1.807) is 0 Å². The molecule has 0 amide bonds. The lowest BCUT2D eigenvalue weighted by molar-refractivity contribution is 0.165. The molecule has 0 fully saturated rings. The number of rotatable bonds is 1. The van der Waals surface area contributed by atoms with E-state index in [1.807, 2.05) is 0 Å². The van der Waals surface area contributed by atoms with Crippen LogP contribution in [0, 0.1) is 10.8 Å². The van der Waals surface area contributed by atoms with Gasteiger partial charge in [-0.1, -0.05) is 59.7 Å². The van der Waals surface area contributed by atoms with Crippen molar-refractivity contribution in [2.75, 3.05) is 6.66 Å². The van der Waals surface area contributed by atoms with Crippen molar-refractivity contribution >= 4 is 12.6 Å². The van der Waals surface area contributed by atoms with E-state index < -0.39 is 7.26 Å². The second-order valence-electron chi connectivity index (χ2n) is 8.07. The highest BCUT2D eigenvalue weighted by Crippen LogP contribution is 2.63. The van der Waals surface area contributed by atoms with Crippen molar-refractivity contribution < 1.29 is 4.74 Å². The predicted molar refractivity (Wildman–Crippen MR) is 95.1 cm³/mol. The molecule has 2 rings (SSSR count). The molecule has 1 aliphatic rings. The predicted octanol–water partition coefficient (Wildman–Crippen LogP) is 5.76. The van der Waals surface area contributed by atoms with Gasteiger partial charge in [0.1, 0.15) is 35.7 Å². The van der Waals surface area contributed by atoms with Crippen LogP contribution in [0.5, 0.6) is 0 Å². The van der Waals surface area contributed by atoms with Crippen molar-refractivity contribution in [2.45, 2.75) is 41.5 Å². The maximum Gasteiger partial charge on any atom is 0.144 e. The van der Waals surface area contributed by atoms with Crippen LogP contribution in [0.2, 0.25) is 0 Å². The first-order chi connectivity index (χ1) is 9.52. The lowest BCUT2D eigenvalue weighted by Gasteiger charge is -2.34. The van der Waals surface area contributed by atoms with Gasteiger partial charge in [-0.15, -0.1) is 0 Å². The van der Waals surface area contributed by atoms with E-state index in [0.717, 1.165) is 11.5 Å². The summed E-state index contributed by atoms with van der Waals surface area (Å²) in [4.78, 5) is 0. The quantitative estimate of drug-likeness (QED) is 0.599. The summed E-state index contributed by atoms with van der Waals surface area (Å²) in [5, 5.41) is 1.41. The first kappa shape index (κ1) is 16.3. The molecule has 0 radical (unpaired) electrons. The van der Waals surface area contributed by atoms with Gasteiger partial charge >= 0.3 is 0 Å². The van der Waals surface area contributed by atoms with Crippen LogP contribution in [-0.2, 0) is 4.74 Å². The Balaban J connectivity index is 2.58. The van der Waals surface area contributed by atoms with Crippen molar-refractivity contribution in [1.29, 1.82) is 0 Å². The molecule has 2 heteroatoms. The lowest BCUT2D eigenvalue weighted by Crippen LogP contribution is -2.23. The molecule has 1 nitrogen and oxygen atoms in total. The third kappa shape index (κ3) is 3.58. The normalized spacial score (nSPS) is 18.6. The molecule has 114 valence electrons. The Morgan fingerprint density at radius 2 is 1.19 bits per heavy atom. The summed E-state index contributed by atoms with van der Waals surface area (Å²) < 4.78 is 6.28. The molecule has 1 heterocycles. The molecule has 0 saturated heterocycles. The molecule has 0 unspecified atom stereocenters. The minimum atomic E-state index is -1.47. The van der Waals surface area contributed by atoms with Crippen LogP contribution in [0.15, 0.2) is 53.5 Å². The fourth-order valence-corrected chi connectivity index (χ4v) is 5.33. The minimum absolute atomic E-state index is 0.0286. The fourth-order valence-electron chi connectivity index (χ4n) is 2.29. The Morgan fingerprint density at radius 3 is 1.57 bits per heavy atom. The Kier molecular flexibility index (Phi) is 4.10. The summed E-state index contributed by atoms with van der Waals surface area (Å²) >= 11 is 0. The van der Waals surface area contributed by atoms with Gasteiger partial charge in [-0.25, -0.2) is 0 Å². The maximum absolute atomic E-state index is 6.28. The zero-order chi connectivity index (χ0) is 15.9. The molecule has 0 N–H and O–H groups in total. The monoisotopic (exact) mass is 303 g/mol. The van der Waals surface area contributed by atoms with Crippen molar-refractivity contribution in [3.05, 3.63) is 53.5 Å². The summed E-state index contributed by atoms with van der Waals surface area (Å²) in [6.45, 7) is 15.7. The van der Waals surface area contributed by atoms with E-state index in [2.05, 4.69) is 90.2 Å². The maximum atomic E-state index is 6.28. The zero-order valence-corrected chi connectivity index (χ0v) is 15.3. The summed E-state index contributed by atoms with van der Waals surface area (Å²) in [5.41, 5.74) is 0.0571. The van der Waals surface area contributed by atoms with Crippen LogP contribution in [0.4, 0.5) is 0 Å². The first-order valence-corrected chi connectivity index (χ1v) is 9.96. The Hall–Kier alpha value is -1.07. The average molecular weight is 303 g/mol. The van der Waals surface area contributed by atoms with Gasteiger partial charge in [0.25, 0.3) is 0 Å². The standard InChI is InChI=1S/C19H28OP/c1-18(2,3)16-13-21(7,15-11-9-8-10-12-15)14-17(20-16)19(4,5)6/h8-14H,1-7H3/q+1. The number of hydrogen-bond acceptors (Lipinski definition) is 1. The van der Waals surface area contributed by atoms with Crippen LogP contribution in [0.1, 0.15) is 41.5 Å². The molecule has 0 bridgehead atoms. The van der Waals surface area contributed by atoms with E-state index in [4.69, 9.17) is 4.74 Å². The van der Waals surface area contributed by atoms with Gasteiger partial charge in [-0.2, -0.15) is 0 Å². The van der Waals surface area contributed by atoms with Crippen LogP contribution in [-0.4, -0.2) is 6.66 Å². The largest absolute Gasteiger partial charge is 0.458 e. The molecule has 0 spiro atoms. The molecule has 1 aromatic carbocycles. The van der Waals surface area contributed by atoms with Crippen LogP contribution in [0.3, 0.4) is 0 Å². The van der Waals surface area contributed by atoms with Crippen molar-refractivity contribution in [3.8, 4) is 0 Å². The molecule has 0 aliphatic carbocycles. The molecule has 1 aromatic rings. The van der Waals surface area contributed by atoms with Gasteiger partial charge in [0.2, 0.25) is 0 Å². The van der Waals surface area contributed by atoms with Crippen LogP contribution in [0.25, 0.3) is 0 Å². The molecule has 1 aliphatic heterocycles. The van der Waals surface area contributed by atoms with E-state index >= 15 is 0 Å². The summed E-state index contributed by atoms with van der Waals surface area (Å²) in [7, 11) is -1.47. The fraction of sp³-hybridized carbons (Fsp3) is 0.474. The highest BCUT2D eigenvalue weighted by atomic mass is 31.2. The second kappa shape index (κ2) is 5.29. The van der Waals surface area contributed by atoms with Crippen LogP contribution < -0.4 is 5.30 Å². The van der Waals surface area contributed by atoms with Crippen LogP contribution >= 0.6 is 7.26 Å². The van der Waals surface area contributed by atoms with Gasteiger partial charge in [-0.05, 0) is 12.1 Å². The number of ether oxygens (including phenoxy) is 1. The summed E-state index contributed by atoms with van der Waals surface area (Å²) in [6, 6.07) is 10.8. The van der Waals surface area contributed by atoms with E-state index in [9.17, 15) is 0 Å². The highest BCUT2D eigenvalue weighted by molar-refractivity contribution is 7.87. The summed E-state index contributed by atoms with van der Waals surface area (Å²) in [6.07, 6.45) is 0. The van der Waals surface area contributed by atoms with E-state index in [-0.39, 0.29) is 10.8 Å². The van der Waals surface area contributed by atoms with Gasteiger partial charge in [0.05, 0.1) is 6.66 Å². The number of benzene rings is 1. The van der Waals surface area contributed by atoms with E-state index in [0.29, 0.717) is 0 Å².